The van der Waals surface area contributed by atoms with Gasteiger partial charge in [-0.25, -0.2) is 4.98 Å². The van der Waals surface area contributed by atoms with Gasteiger partial charge >= 0.3 is 0 Å². The van der Waals surface area contributed by atoms with Crippen LogP contribution < -0.4 is 4.90 Å². The number of anilines is 1. The number of fused-ring (bicyclic) bond motifs is 2. The van der Waals surface area contributed by atoms with Crippen molar-refractivity contribution in [1.82, 2.24) is 14.9 Å². The first-order chi connectivity index (χ1) is 11.2. The number of rotatable bonds is 2. The van der Waals surface area contributed by atoms with E-state index in [0.29, 0.717) is 18.2 Å². The Balaban J connectivity index is 1.64. The number of morpholine rings is 1. The molecule has 1 N–H and O–H groups in total. The largest absolute Gasteiger partial charge is 0.394 e. The third-order valence-electron chi connectivity index (χ3n) is 4.78. The van der Waals surface area contributed by atoms with E-state index in [1.54, 1.807) is 6.20 Å². The highest BCUT2D eigenvalue weighted by atomic mass is 35.5. The molecule has 2 aliphatic heterocycles. The summed E-state index contributed by atoms with van der Waals surface area (Å²) in [6, 6.07) is 5.52. The first-order valence-electron chi connectivity index (χ1n) is 7.81. The lowest BCUT2D eigenvalue weighted by Gasteiger charge is -2.52. The summed E-state index contributed by atoms with van der Waals surface area (Å²) >= 11 is 6.00. The molecule has 1 unspecified atom stereocenters. The maximum absolute atomic E-state index is 9.94. The predicted octanol–water partition coefficient (Wildman–Crippen LogP) is 1.17. The van der Waals surface area contributed by atoms with E-state index < -0.39 is 0 Å². The minimum absolute atomic E-state index is 0.0835. The number of halogens is 1. The van der Waals surface area contributed by atoms with Gasteiger partial charge in [-0.1, -0.05) is 11.6 Å². The minimum atomic E-state index is -0.340. The molecule has 1 aromatic carbocycles. The van der Waals surface area contributed by atoms with Gasteiger partial charge in [0.1, 0.15) is 5.82 Å². The van der Waals surface area contributed by atoms with E-state index in [0.717, 1.165) is 43.1 Å². The van der Waals surface area contributed by atoms with Crippen LogP contribution in [0.15, 0.2) is 24.4 Å². The van der Waals surface area contributed by atoms with Crippen molar-refractivity contribution in [3.05, 3.63) is 29.4 Å². The second-order valence-electron chi connectivity index (χ2n) is 6.20. The molecule has 4 rings (SSSR count). The van der Waals surface area contributed by atoms with Crippen molar-refractivity contribution in [2.24, 2.45) is 0 Å². The van der Waals surface area contributed by atoms with Gasteiger partial charge in [-0.05, 0) is 18.2 Å². The molecule has 0 spiro atoms. The van der Waals surface area contributed by atoms with Crippen molar-refractivity contribution in [2.45, 2.75) is 5.54 Å². The third kappa shape index (κ3) is 2.65. The van der Waals surface area contributed by atoms with Crippen LogP contribution in [0.25, 0.3) is 11.0 Å². The number of aliphatic hydroxyl groups excluding tert-OH is 1. The van der Waals surface area contributed by atoms with E-state index >= 15 is 0 Å². The molecule has 2 aromatic rings. The lowest BCUT2D eigenvalue weighted by atomic mass is 9.94. The van der Waals surface area contributed by atoms with Gasteiger partial charge in [0.25, 0.3) is 0 Å². The topological polar surface area (TPSA) is 61.7 Å². The number of benzene rings is 1. The van der Waals surface area contributed by atoms with Crippen LogP contribution in [-0.4, -0.2) is 71.5 Å². The van der Waals surface area contributed by atoms with Crippen LogP contribution in [0.3, 0.4) is 0 Å². The predicted molar refractivity (Wildman–Crippen MR) is 89.0 cm³/mol. The van der Waals surface area contributed by atoms with Crippen LogP contribution in [-0.2, 0) is 4.74 Å². The molecule has 0 amide bonds. The average Bonchev–Trinajstić information content (AvgIpc) is 2.60. The summed E-state index contributed by atoms with van der Waals surface area (Å²) in [6.07, 6.45) is 1.78. The van der Waals surface area contributed by atoms with Crippen molar-refractivity contribution in [3.63, 3.8) is 0 Å². The van der Waals surface area contributed by atoms with Gasteiger partial charge in [-0.15, -0.1) is 0 Å². The highest BCUT2D eigenvalue weighted by Crippen LogP contribution is 2.28. The fourth-order valence-electron chi connectivity index (χ4n) is 3.45. The van der Waals surface area contributed by atoms with E-state index in [1.165, 1.54) is 0 Å². The zero-order chi connectivity index (χ0) is 15.9. The molecular formula is C16H19ClN4O2. The molecule has 1 atom stereocenters. The first-order valence-corrected chi connectivity index (χ1v) is 8.19. The maximum atomic E-state index is 9.94. The smallest absolute Gasteiger partial charge is 0.147 e. The molecule has 0 bridgehead atoms. The third-order valence-corrected chi connectivity index (χ3v) is 5.02. The molecule has 7 heteroatoms. The summed E-state index contributed by atoms with van der Waals surface area (Å²) in [7, 11) is 0. The molecule has 0 radical (unpaired) electrons. The van der Waals surface area contributed by atoms with Gasteiger partial charge in [0.2, 0.25) is 0 Å². The van der Waals surface area contributed by atoms with Crippen molar-refractivity contribution in [3.8, 4) is 0 Å². The lowest BCUT2D eigenvalue weighted by molar-refractivity contribution is -0.0951. The molecule has 0 aliphatic carbocycles. The number of aromatic nitrogens is 2. The Bertz CT molecular complexity index is 728. The summed E-state index contributed by atoms with van der Waals surface area (Å²) in [6.45, 7) is 4.70. The zero-order valence-corrected chi connectivity index (χ0v) is 13.5. The summed E-state index contributed by atoms with van der Waals surface area (Å²) in [5, 5.41) is 10.6. The molecule has 2 fully saturated rings. The molecule has 3 heterocycles. The van der Waals surface area contributed by atoms with E-state index in [2.05, 4.69) is 14.8 Å². The minimum Gasteiger partial charge on any atom is -0.394 e. The van der Waals surface area contributed by atoms with Gasteiger partial charge in [-0.2, -0.15) is 0 Å². The number of piperazine rings is 1. The van der Waals surface area contributed by atoms with E-state index in [1.807, 2.05) is 18.2 Å². The molecular weight excluding hydrogens is 316 g/mol. The van der Waals surface area contributed by atoms with Crippen LogP contribution in [0.4, 0.5) is 5.82 Å². The van der Waals surface area contributed by atoms with Crippen molar-refractivity contribution >= 4 is 28.5 Å². The maximum Gasteiger partial charge on any atom is 0.147 e. The first kappa shape index (κ1) is 15.1. The summed E-state index contributed by atoms with van der Waals surface area (Å²) in [5.74, 6) is 0.831. The highest BCUT2D eigenvalue weighted by molar-refractivity contribution is 6.31. The van der Waals surface area contributed by atoms with E-state index in [9.17, 15) is 5.11 Å². The monoisotopic (exact) mass is 334 g/mol. The van der Waals surface area contributed by atoms with Gasteiger partial charge in [0, 0.05) is 31.2 Å². The van der Waals surface area contributed by atoms with Crippen molar-refractivity contribution < 1.29 is 9.84 Å². The molecule has 23 heavy (non-hydrogen) atoms. The molecule has 2 aliphatic rings. The van der Waals surface area contributed by atoms with Crippen LogP contribution in [0, 0.1) is 0 Å². The Morgan fingerprint density at radius 2 is 2.17 bits per heavy atom. The fraction of sp³-hybridized carbons (Fsp3) is 0.500. The zero-order valence-electron chi connectivity index (χ0n) is 12.8. The van der Waals surface area contributed by atoms with Gasteiger partial charge in [0.15, 0.2) is 0 Å². The molecule has 0 saturated carbocycles. The summed E-state index contributed by atoms with van der Waals surface area (Å²) in [5.41, 5.74) is 1.28. The Labute approximate surface area is 139 Å². The van der Waals surface area contributed by atoms with Gasteiger partial charge in [0.05, 0.1) is 42.6 Å². The van der Waals surface area contributed by atoms with Crippen LogP contribution in [0.1, 0.15) is 0 Å². The molecule has 122 valence electrons. The molecule has 1 aromatic heterocycles. The second kappa shape index (κ2) is 5.87. The fourth-order valence-corrected chi connectivity index (χ4v) is 3.62. The van der Waals surface area contributed by atoms with Crippen molar-refractivity contribution in [1.29, 1.82) is 0 Å². The average molecular weight is 335 g/mol. The highest BCUT2D eigenvalue weighted by Gasteiger charge is 2.44. The van der Waals surface area contributed by atoms with Gasteiger partial charge < -0.3 is 14.7 Å². The summed E-state index contributed by atoms with van der Waals surface area (Å²) < 4.78 is 5.62. The second-order valence-corrected chi connectivity index (χ2v) is 6.64. The quantitative estimate of drug-likeness (QED) is 0.889. The van der Waals surface area contributed by atoms with Gasteiger partial charge in [-0.3, -0.25) is 9.88 Å². The number of aliphatic hydroxyl groups is 1. The Morgan fingerprint density at radius 1 is 1.26 bits per heavy atom. The number of ether oxygens (including phenoxy) is 1. The van der Waals surface area contributed by atoms with E-state index in [-0.39, 0.29) is 12.1 Å². The van der Waals surface area contributed by atoms with Crippen molar-refractivity contribution in [2.75, 3.05) is 50.9 Å². The van der Waals surface area contributed by atoms with Crippen LogP contribution in [0.5, 0.6) is 0 Å². The number of hydrogen-bond donors (Lipinski definition) is 1. The molecule has 2 saturated heterocycles. The van der Waals surface area contributed by atoms with Crippen LogP contribution >= 0.6 is 11.6 Å². The normalized spacial score (nSPS) is 25.6. The SMILES string of the molecule is OCC12COCCN1CCN(c1cnc3cc(Cl)ccc3n1)C2. The number of nitrogens with zero attached hydrogens (tertiary/aromatic N) is 4. The standard InChI is InChI=1S/C16H19ClN4O2/c17-12-1-2-13-14(7-12)18-8-15(19-13)20-3-4-21-5-6-23-11-16(21,9-20)10-22/h1-2,7-8,22H,3-6,9-11H2. The van der Waals surface area contributed by atoms with E-state index in [4.69, 9.17) is 21.3 Å². The number of hydrogen-bond acceptors (Lipinski definition) is 6. The summed E-state index contributed by atoms with van der Waals surface area (Å²) in [4.78, 5) is 13.7. The Hall–Kier alpha value is -1.47. The Kier molecular flexibility index (Phi) is 3.85. The Morgan fingerprint density at radius 3 is 3.04 bits per heavy atom. The van der Waals surface area contributed by atoms with Crippen LogP contribution in [0.2, 0.25) is 5.02 Å². The lowest BCUT2D eigenvalue weighted by Crippen LogP contribution is -2.69. The molecule has 6 nitrogen and oxygen atoms in total.